The van der Waals surface area contributed by atoms with Crippen LogP contribution in [0.15, 0.2) is 29.5 Å². The van der Waals surface area contributed by atoms with Gasteiger partial charge in [-0.25, -0.2) is 0 Å². The summed E-state index contributed by atoms with van der Waals surface area (Å²) in [5.41, 5.74) is 2.59. The minimum absolute atomic E-state index is 0.0271. The first kappa shape index (κ1) is 27.8. The standard InChI is InChI=1S/C36H50N2O3/c1-20(2)28-24(39)18-32(5)14-15-34(7)22(29(28)32)9-10-26-33(6)19-27-36(41,21-12-16-37-23(17-21)30(40)38-27)31(3,4)25(33)11-13-35(26,34)8/h12,16-17,20,22,25-27,41H,9-11,13-15,18-19H2,1-8H3,(H,38,40)/t22-,25+,26-,27?,32+,33+,34-,35-,36+/m1/s1. The van der Waals surface area contributed by atoms with Crippen molar-refractivity contribution in [1.29, 1.82) is 0 Å². The van der Waals surface area contributed by atoms with Crippen LogP contribution < -0.4 is 5.32 Å². The molecular formula is C36H50N2O3. The van der Waals surface area contributed by atoms with Gasteiger partial charge in [0.1, 0.15) is 11.3 Å². The van der Waals surface area contributed by atoms with E-state index in [0.29, 0.717) is 35.7 Å². The van der Waals surface area contributed by atoms with Crippen LogP contribution >= 0.6 is 0 Å². The zero-order chi connectivity index (χ0) is 29.5. The molecule has 0 spiro atoms. The number of pyridine rings is 1. The van der Waals surface area contributed by atoms with E-state index in [-0.39, 0.29) is 39.5 Å². The van der Waals surface area contributed by atoms with Crippen LogP contribution in [0.1, 0.15) is 123 Å². The molecule has 1 unspecified atom stereocenters. The molecule has 7 rings (SSSR count). The fourth-order valence-electron chi connectivity index (χ4n) is 12.8. The number of carbonyl (C=O) groups is 2. The van der Waals surface area contributed by atoms with E-state index in [1.54, 1.807) is 6.20 Å². The number of ketones is 1. The first-order valence-electron chi connectivity index (χ1n) is 16.3. The Kier molecular flexibility index (Phi) is 5.51. The number of allylic oxidation sites excluding steroid dienone is 2. The van der Waals surface area contributed by atoms with Crippen molar-refractivity contribution in [2.75, 3.05) is 0 Å². The molecule has 5 nitrogen and oxygen atoms in total. The van der Waals surface area contributed by atoms with Gasteiger partial charge in [0.25, 0.3) is 5.91 Å². The summed E-state index contributed by atoms with van der Waals surface area (Å²) in [6, 6.07) is 3.38. The predicted octanol–water partition coefficient (Wildman–Crippen LogP) is 6.99. The topological polar surface area (TPSA) is 79.3 Å². The molecule has 1 aromatic rings. The van der Waals surface area contributed by atoms with Gasteiger partial charge in [-0.05, 0) is 114 Å². The summed E-state index contributed by atoms with van der Waals surface area (Å²) in [5, 5.41) is 16.0. The SMILES string of the molecule is CC(C)C1=C2[C@H]3CC[C@@H]4[C@@]5(C)CC6NC(=O)c7cc(ccn7)[C@@]6(O)C(C)(C)[C@@H]5CC[C@@]4(C)[C@]3(C)CC[C@@]2(C)CC1=O. The molecule has 9 atom stereocenters. The second-order valence-corrected chi connectivity index (χ2v) is 16.9. The van der Waals surface area contributed by atoms with E-state index in [0.717, 1.165) is 49.7 Å². The first-order valence-corrected chi connectivity index (χ1v) is 16.3. The monoisotopic (exact) mass is 558 g/mol. The summed E-state index contributed by atoms with van der Waals surface area (Å²) in [6.45, 7) is 19.0. The van der Waals surface area contributed by atoms with E-state index < -0.39 is 11.0 Å². The summed E-state index contributed by atoms with van der Waals surface area (Å²) in [6.07, 6.45) is 9.95. The fraction of sp³-hybridized carbons (Fsp3) is 0.750. The number of nitrogens with one attached hydrogen (secondary N) is 1. The molecule has 4 fully saturated rings. The Morgan fingerprint density at radius 2 is 1.68 bits per heavy atom. The number of aliphatic hydroxyl groups is 1. The maximum absolute atomic E-state index is 13.4. The van der Waals surface area contributed by atoms with Crippen LogP contribution in [0.25, 0.3) is 0 Å². The van der Waals surface area contributed by atoms with E-state index in [9.17, 15) is 14.7 Å². The van der Waals surface area contributed by atoms with Gasteiger partial charge in [-0.1, -0.05) is 61.0 Å². The van der Waals surface area contributed by atoms with Crippen LogP contribution in [0, 0.1) is 50.7 Å². The van der Waals surface area contributed by atoms with Gasteiger partial charge in [-0.15, -0.1) is 0 Å². The molecule has 2 heterocycles. The number of Topliss-reactive ketones (excluding diaryl/α,β-unsaturated/α-hetero) is 1. The molecule has 6 aliphatic rings. The molecule has 222 valence electrons. The fourth-order valence-corrected chi connectivity index (χ4v) is 12.8. The largest absolute Gasteiger partial charge is 0.382 e. The van der Waals surface area contributed by atoms with Gasteiger partial charge < -0.3 is 10.4 Å². The lowest BCUT2D eigenvalue weighted by molar-refractivity contribution is -0.263. The first-order chi connectivity index (χ1) is 19.0. The van der Waals surface area contributed by atoms with Gasteiger partial charge in [0.2, 0.25) is 0 Å². The van der Waals surface area contributed by atoms with Crippen LogP contribution in [0.2, 0.25) is 0 Å². The van der Waals surface area contributed by atoms with Crippen molar-refractivity contribution in [3.63, 3.8) is 0 Å². The maximum atomic E-state index is 13.4. The average Bonchev–Trinajstić information content (AvgIpc) is 3.14. The van der Waals surface area contributed by atoms with Crippen molar-refractivity contribution >= 4 is 11.7 Å². The molecule has 0 aromatic carbocycles. The van der Waals surface area contributed by atoms with Crippen molar-refractivity contribution in [3.05, 3.63) is 40.7 Å². The lowest BCUT2D eigenvalue weighted by Gasteiger charge is -2.73. The Hall–Kier alpha value is -2.01. The smallest absolute Gasteiger partial charge is 0.270 e. The third-order valence-electron chi connectivity index (χ3n) is 14.8. The van der Waals surface area contributed by atoms with Crippen molar-refractivity contribution in [2.24, 2.45) is 50.7 Å². The van der Waals surface area contributed by atoms with Gasteiger partial charge in [-0.2, -0.15) is 0 Å². The van der Waals surface area contributed by atoms with Crippen molar-refractivity contribution in [1.82, 2.24) is 10.3 Å². The predicted molar refractivity (Wildman–Crippen MR) is 160 cm³/mol. The molecule has 0 saturated heterocycles. The molecule has 41 heavy (non-hydrogen) atoms. The van der Waals surface area contributed by atoms with Gasteiger partial charge in [0.05, 0.1) is 6.04 Å². The van der Waals surface area contributed by atoms with Gasteiger partial charge in [-0.3, -0.25) is 14.6 Å². The Bertz CT molecular complexity index is 1390. The number of fused-ring (bicyclic) bond motifs is 11. The number of hydrogen-bond donors (Lipinski definition) is 2. The Labute approximate surface area is 246 Å². The van der Waals surface area contributed by atoms with E-state index in [2.05, 4.69) is 65.7 Å². The molecule has 2 bridgehead atoms. The number of nitrogens with zero attached hydrogens (tertiary/aromatic N) is 1. The van der Waals surface area contributed by atoms with E-state index in [1.165, 1.54) is 12.0 Å². The highest BCUT2D eigenvalue weighted by molar-refractivity contribution is 6.00. The van der Waals surface area contributed by atoms with Crippen molar-refractivity contribution in [3.8, 4) is 0 Å². The average molecular weight is 559 g/mol. The number of rotatable bonds is 1. The molecule has 0 radical (unpaired) electrons. The number of hydrogen-bond acceptors (Lipinski definition) is 4. The van der Waals surface area contributed by atoms with Crippen LogP contribution in [-0.2, 0) is 10.4 Å². The van der Waals surface area contributed by atoms with Gasteiger partial charge in [0.15, 0.2) is 5.78 Å². The molecule has 5 heteroatoms. The Morgan fingerprint density at radius 1 is 0.951 bits per heavy atom. The van der Waals surface area contributed by atoms with Crippen molar-refractivity contribution in [2.45, 2.75) is 118 Å². The quantitative estimate of drug-likeness (QED) is 0.389. The third-order valence-corrected chi connectivity index (χ3v) is 14.8. The Balaban J connectivity index is 1.33. The minimum atomic E-state index is -1.15. The summed E-state index contributed by atoms with van der Waals surface area (Å²) in [7, 11) is 0. The lowest BCUT2D eigenvalue weighted by Crippen LogP contribution is -2.72. The molecule has 2 N–H and O–H groups in total. The highest BCUT2D eigenvalue weighted by Crippen LogP contribution is 2.77. The number of aromatic nitrogens is 1. The molecule has 4 saturated carbocycles. The third kappa shape index (κ3) is 3.10. The van der Waals surface area contributed by atoms with Crippen LogP contribution in [0.4, 0.5) is 0 Å². The molecule has 1 amide bonds. The Morgan fingerprint density at radius 3 is 2.39 bits per heavy atom. The normalized spacial score (nSPS) is 48.0. The minimum Gasteiger partial charge on any atom is -0.382 e. The number of amides is 1. The summed E-state index contributed by atoms with van der Waals surface area (Å²) in [4.78, 5) is 31.0. The summed E-state index contributed by atoms with van der Waals surface area (Å²) < 4.78 is 0. The van der Waals surface area contributed by atoms with Crippen LogP contribution in [0.3, 0.4) is 0 Å². The van der Waals surface area contributed by atoms with E-state index in [1.807, 2.05) is 12.1 Å². The number of carbonyl (C=O) groups excluding carboxylic acids is 2. The van der Waals surface area contributed by atoms with Crippen LogP contribution in [-0.4, -0.2) is 27.8 Å². The van der Waals surface area contributed by atoms with Gasteiger partial charge >= 0.3 is 0 Å². The second-order valence-electron chi connectivity index (χ2n) is 16.9. The molecular weight excluding hydrogens is 508 g/mol. The van der Waals surface area contributed by atoms with E-state index >= 15 is 0 Å². The summed E-state index contributed by atoms with van der Waals surface area (Å²) >= 11 is 0. The van der Waals surface area contributed by atoms with Gasteiger partial charge in [0, 0.05) is 18.0 Å². The zero-order valence-corrected chi connectivity index (χ0v) is 26.5. The maximum Gasteiger partial charge on any atom is 0.270 e. The van der Waals surface area contributed by atoms with Crippen molar-refractivity contribution < 1.29 is 14.7 Å². The molecule has 1 aromatic heterocycles. The summed E-state index contributed by atoms with van der Waals surface area (Å²) in [5.74, 6) is 1.79. The molecule has 5 aliphatic carbocycles. The molecule has 1 aliphatic heterocycles. The highest BCUT2D eigenvalue weighted by atomic mass is 16.3. The van der Waals surface area contributed by atoms with E-state index in [4.69, 9.17) is 0 Å². The highest BCUT2D eigenvalue weighted by Gasteiger charge is 2.73. The zero-order valence-electron chi connectivity index (χ0n) is 26.5. The second kappa shape index (κ2) is 8.12. The van der Waals surface area contributed by atoms with Crippen LogP contribution in [0.5, 0.6) is 0 Å². The lowest BCUT2D eigenvalue weighted by atomic mass is 9.31.